The highest BCUT2D eigenvalue weighted by atomic mass is 19.1. The van der Waals surface area contributed by atoms with Crippen molar-refractivity contribution in [1.82, 2.24) is 10.1 Å². The van der Waals surface area contributed by atoms with Gasteiger partial charge in [-0.05, 0) is 24.1 Å². The number of carbonyl (C=O) groups is 2. The highest BCUT2D eigenvalue weighted by Crippen LogP contribution is 2.28. The van der Waals surface area contributed by atoms with Crippen LogP contribution >= 0.6 is 0 Å². The van der Waals surface area contributed by atoms with Crippen molar-refractivity contribution in [3.63, 3.8) is 0 Å². The molecule has 0 bridgehead atoms. The number of carbonyl (C=O) groups excluding carboxylic acids is 2. The van der Waals surface area contributed by atoms with Gasteiger partial charge in [0.2, 0.25) is 11.7 Å². The topological polar surface area (TPSA) is 85.5 Å². The van der Waals surface area contributed by atoms with E-state index < -0.39 is 17.7 Å². The molecule has 1 amide bonds. The number of ether oxygens (including phenoxy) is 1. The number of benzene rings is 2. The summed E-state index contributed by atoms with van der Waals surface area (Å²) in [5.41, 5.74) is 2.16. The lowest BCUT2D eigenvalue weighted by Gasteiger charge is -2.16. The zero-order chi connectivity index (χ0) is 21.1. The van der Waals surface area contributed by atoms with Crippen LogP contribution in [0.5, 0.6) is 0 Å². The monoisotopic (exact) mass is 409 g/mol. The molecule has 0 spiro atoms. The molecule has 1 aromatic heterocycles. The quantitative estimate of drug-likeness (QED) is 0.579. The maximum Gasteiger partial charge on any atom is 0.311 e. The maximum atomic E-state index is 14.0. The van der Waals surface area contributed by atoms with Gasteiger partial charge >= 0.3 is 5.97 Å². The molecule has 0 unspecified atom stereocenters. The molecule has 0 radical (unpaired) electrons. The van der Waals surface area contributed by atoms with Crippen LogP contribution in [0.2, 0.25) is 0 Å². The molecule has 3 aromatic rings. The van der Waals surface area contributed by atoms with E-state index in [0.717, 1.165) is 12.0 Å². The Kier molecular flexibility index (Phi) is 5.56. The third-order valence-electron chi connectivity index (χ3n) is 5.03. The standard InChI is InChI=1S/C22H20FN3O4/c1-2-14-7-9-15(10-8-14)21-24-19(30-25-21)13-29-22(28)16-11-20(27)26(12-16)18-6-4-3-5-17(18)23/h3-10,16H,2,11-13H2,1H3/t16-/m1/s1. The van der Waals surface area contributed by atoms with Crippen LogP contribution in [0.15, 0.2) is 53.1 Å². The second-order valence-corrected chi connectivity index (χ2v) is 7.03. The van der Waals surface area contributed by atoms with Gasteiger partial charge in [-0.25, -0.2) is 4.39 Å². The second kappa shape index (κ2) is 8.44. The van der Waals surface area contributed by atoms with E-state index >= 15 is 0 Å². The van der Waals surface area contributed by atoms with E-state index in [4.69, 9.17) is 9.26 Å². The minimum atomic E-state index is -0.680. The first-order chi connectivity index (χ1) is 14.5. The van der Waals surface area contributed by atoms with Crippen LogP contribution < -0.4 is 4.90 Å². The van der Waals surface area contributed by atoms with E-state index in [0.29, 0.717) is 5.82 Å². The van der Waals surface area contributed by atoms with E-state index in [9.17, 15) is 14.0 Å². The van der Waals surface area contributed by atoms with E-state index in [1.54, 1.807) is 12.1 Å². The van der Waals surface area contributed by atoms with Gasteiger partial charge in [0.15, 0.2) is 6.61 Å². The molecular formula is C22H20FN3O4. The fourth-order valence-corrected chi connectivity index (χ4v) is 3.34. The number of para-hydroxylation sites is 1. The van der Waals surface area contributed by atoms with Gasteiger partial charge in [-0.2, -0.15) is 4.98 Å². The number of amides is 1. The van der Waals surface area contributed by atoms with Gasteiger partial charge in [-0.15, -0.1) is 0 Å². The van der Waals surface area contributed by atoms with Crippen molar-refractivity contribution in [3.05, 3.63) is 65.8 Å². The van der Waals surface area contributed by atoms with Crippen molar-refractivity contribution >= 4 is 17.6 Å². The summed E-state index contributed by atoms with van der Waals surface area (Å²) in [5, 5.41) is 3.91. The summed E-state index contributed by atoms with van der Waals surface area (Å²) >= 11 is 0. The van der Waals surface area contributed by atoms with Crippen LogP contribution in [-0.2, 0) is 27.4 Å². The predicted molar refractivity (Wildman–Crippen MR) is 106 cm³/mol. The normalized spacial score (nSPS) is 16.1. The Bertz CT molecular complexity index is 1060. The van der Waals surface area contributed by atoms with Crippen molar-refractivity contribution in [1.29, 1.82) is 0 Å². The van der Waals surface area contributed by atoms with Crippen LogP contribution in [-0.4, -0.2) is 28.6 Å². The minimum absolute atomic E-state index is 0.0357. The van der Waals surface area contributed by atoms with Gasteiger partial charge in [0.25, 0.3) is 5.89 Å². The lowest BCUT2D eigenvalue weighted by molar-refractivity contribution is -0.150. The van der Waals surface area contributed by atoms with E-state index in [2.05, 4.69) is 17.1 Å². The largest absolute Gasteiger partial charge is 0.455 e. The average Bonchev–Trinajstić information content (AvgIpc) is 3.39. The number of aryl methyl sites for hydroxylation is 1. The molecule has 1 saturated heterocycles. The molecule has 8 heteroatoms. The fourth-order valence-electron chi connectivity index (χ4n) is 3.34. The summed E-state index contributed by atoms with van der Waals surface area (Å²) in [5.74, 6) is -1.50. The van der Waals surface area contributed by atoms with E-state index in [-0.39, 0.29) is 37.1 Å². The molecule has 30 heavy (non-hydrogen) atoms. The zero-order valence-corrected chi connectivity index (χ0v) is 16.4. The first kappa shape index (κ1) is 19.8. The Labute approximate surface area is 172 Å². The highest BCUT2D eigenvalue weighted by molar-refractivity contribution is 5.99. The van der Waals surface area contributed by atoms with Crippen LogP contribution in [0.25, 0.3) is 11.4 Å². The smallest absolute Gasteiger partial charge is 0.311 e. The lowest BCUT2D eigenvalue weighted by atomic mass is 10.1. The molecule has 4 rings (SSSR count). The number of halogens is 1. The highest BCUT2D eigenvalue weighted by Gasteiger charge is 2.37. The Morgan fingerprint density at radius 1 is 1.23 bits per heavy atom. The Morgan fingerprint density at radius 2 is 2.00 bits per heavy atom. The molecule has 7 nitrogen and oxygen atoms in total. The first-order valence-electron chi connectivity index (χ1n) is 9.68. The SMILES string of the molecule is CCc1ccc(-c2noc(COC(=O)[C@@H]3CC(=O)N(c4ccccc4F)C3)n2)cc1. The summed E-state index contributed by atoms with van der Waals surface area (Å²) in [4.78, 5) is 30.1. The predicted octanol–water partition coefficient (Wildman–Crippen LogP) is 3.53. The number of anilines is 1. The molecule has 2 heterocycles. The third kappa shape index (κ3) is 4.07. The lowest BCUT2D eigenvalue weighted by Crippen LogP contribution is -2.27. The number of rotatable bonds is 6. The van der Waals surface area contributed by atoms with Crippen LogP contribution in [0.1, 0.15) is 24.8 Å². The van der Waals surface area contributed by atoms with Gasteiger partial charge in [-0.3, -0.25) is 9.59 Å². The molecule has 2 aromatic carbocycles. The van der Waals surface area contributed by atoms with Gasteiger partial charge in [-0.1, -0.05) is 48.5 Å². The van der Waals surface area contributed by atoms with Crippen LogP contribution in [0.3, 0.4) is 0 Å². The average molecular weight is 409 g/mol. The summed E-state index contributed by atoms with van der Waals surface area (Å²) < 4.78 is 24.4. The van der Waals surface area contributed by atoms with Crippen molar-refractivity contribution in [2.24, 2.45) is 5.92 Å². The summed E-state index contributed by atoms with van der Waals surface area (Å²) in [7, 11) is 0. The molecule has 154 valence electrons. The second-order valence-electron chi connectivity index (χ2n) is 7.03. The zero-order valence-electron chi connectivity index (χ0n) is 16.4. The number of esters is 1. The number of aromatic nitrogens is 2. The Balaban J connectivity index is 1.35. The molecule has 1 aliphatic rings. The molecule has 1 fully saturated rings. The van der Waals surface area contributed by atoms with Crippen LogP contribution in [0, 0.1) is 11.7 Å². The van der Waals surface area contributed by atoms with Crippen LogP contribution in [0.4, 0.5) is 10.1 Å². The van der Waals surface area contributed by atoms with Crippen molar-refractivity contribution in [2.45, 2.75) is 26.4 Å². The summed E-state index contributed by atoms with van der Waals surface area (Å²) in [6.07, 6.45) is 0.901. The molecule has 0 aliphatic carbocycles. The molecular weight excluding hydrogens is 389 g/mol. The Hall–Kier alpha value is -3.55. The molecule has 0 N–H and O–H groups in total. The van der Waals surface area contributed by atoms with Crippen molar-refractivity contribution < 1.29 is 23.2 Å². The van der Waals surface area contributed by atoms with Gasteiger partial charge in [0.1, 0.15) is 5.82 Å². The maximum absolute atomic E-state index is 14.0. The van der Waals surface area contributed by atoms with Gasteiger partial charge in [0.05, 0.1) is 11.6 Å². The summed E-state index contributed by atoms with van der Waals surface area (Å²) in [6, 6.07) is 13.8. The van der Waals surface area contributed by atoms with Gasteiger partial charge in [0, 0.05) is 18.5 Å². The van der Waals surface area contributed by atoms with E-state index in [1.165, 1.54) is 22.6 Å². The first-order valence-corrected chi connectivity index (χ1v) is 9.68. The number of hydrogen-bond donors (Lipinski definition) is 0. The third-order valence-corrected chi connectivity index (χ3v) is 5.03. The number of hydrogen-bond acceptors (Lipinski definition) is 6. The Morgan fingerprint density at radius 3 is 2.73 bits per heavy atom. The minimum Gasteiger partial charge on any atom is -0.455 e. The van der Waals surface area contributed by atoms with Crippen molar-refractivity contribution in [3.8, 4) is 11.4 Å². The van der Waals surface area contributed by atoms with Gasteiger partial charge < -0.3 is 14.2 Å². The number of nitrogens with zero attached hydrogens (tertiary/aromatic N) is 3. The summed E-state index contributed by atoms with van der Waals surface area (Å²) in [6.45, 7) is 1.95. The fraction of sp³-hybridized carbons (Fsp3) is 0.273. The molecule has 1 atom stereocenters. The van der Waals surface area contributed by atoms with E-state index in [1.807, 2.05) is 24.3 Å². The molecule has 0 saturated carbocycles. The van der Waals surface area contributed by atoms with Crippen molar-refractivity contribution in [2.75, 3.05) is 11.4 Å². The molecule has 1 aliphatic heterocycles.